The molecule has 0 spiro atoms. The maximum absolute atomic E-state index is 13.1. The summed E-state index contributed by atoms with van der Waals surface area (Å²) in [5, 5.41) is 50.3. The molecule has 3 aromatic rings. The molecule has 0 aliphatic heterocycles. The molecule has 0 atom stereocenters. The minimum Gasteiger partial charge on any atom is -0.508 e. The molecule has 0 unspecified atom stereocenters. The molecule has 0 fully saturated rings. The average Bonchev–Trinajstić information content (AvgIpc) is 2.70. The van der Waals surface area contributed by atoms with Crippen LogP contribution in [0.15, 0.2) is 51.4 Å². The van der Waals surface area contributed by atoms with Gasteiger partial charge in [-0.25, -0.2) is 4.79 Å². The molecule has 1 aliphatic rings. The van der Waals surface area contributed by atoms with E-state index in [0.717, 1.165) is 24.3 Å². The number of aromatic hydroxyl groups is 4. The zero-order valence-electron chi connectivity index (χ0n) is 17.4. The van der Waals surface area contributed by atoms with E-state index in [9.17, 15) is 44.7 Å². The number of phenolic OH excluding ortho intramolecular Hbond substituents is 3. The molecule has 172 valence electrons. The monoisotopic (exact) mass is 464 g/mol. The maximum Gasteiger partial charge on any atom is 0.339 e. The number of rotatable bonds is 4. The number of allylic oxidation sites excluding steroid dienone is 2. The van der Waals surface area contributed by atoms with E-state index in [1.54, 1.807) is 0 Å². The van der Waals surface area contributed by atoms with Crippen molar-refractivity contribution in [3.8, 4) is 34.3 Å². The molecule has 0 radical (unpaired) electrons. The Morgan fingerprint density at radius 2 is 1.56 bits per heavy atom. The van der Waals surface area contributed by atoms with Gasteiger partial charge in [0.25, 0.3) is 0 Å². The predicted octanol–water partition coefficient (Wildman–Crippen LogP) is 2.68. The van der Waals surface area contributed by atoms with Gasteiger partial charge < -0.3 is 29.9 Å². The molecular weight excluding hydrogens is 448 g/mol. The van der Waals surface area contributed by atoms with Crippen molar-refractivity contribution in [2.45, 2.75) is 13.3 Å². The Bertz CT molecular complexity index is 1480. The van der Waals surface area contributed by atoms with Gasteiger partial charge in [0, 0.05) is 30.2 Å². The molecule has 34 heavy (non-hydrogen) atoms. The predicted molar refractivity (Wildman–Crippen MR) is 116 cm³/mol. The van der Waals surface area contributed by atoms with Crippen molar-refractivity contribution in [2.24, 2.45) is 0 Å². The fourth-order valence-corrected chi connectivity index (χ4v) is 3.93. The molecule has 2 aromatic carbocycles. The summed E-state index contributed by atoms with van der Waals surface area (Å²) in [5.41, 5.74) is -2.18. The minimum atomic E-state index is -0.989. The number of fused-ring (bicyclic) bond motifs is 1. The van der Waals surface area contributed by atoms with Gasteiger partial charge >= 0.3 is 5.63 Å². The van der Waals surface area contributed by atoms with Crippen molar-refractivity contribution in [3.63, 3.8) is 0 Å². The van der Waals surface area contributed by atoms with E-state index in [0.29, 0.717) is 6.08 Å². The lowest BCUT2D eigenvalue weighted by Gasteiger charge is -2.19. The van der Waals surface area contributed by atoms with E-state index in [1.165, 1.54) is 13.0 Å². The molecule has 0 bridgehead atoms. The van der Waals surface area contributed by atoms with Crippen LogP contribution in [0.4, 0.5) is 0 Å². The topological polar surface area (TPSA) is 183 Å². The number of phenols is 3. The van der Waals surface area contributed by atoms with Crippen molar-refractivity contribution < 1.29 is 44.3 Å². The first-order chi connectivity index (χ1) is 16.0. The first-order valence-electron chi connectivity index (χ1n) is 9.76. The Labute approximate surface area is 190 Å². The van der Waals surface area contributed by atoms with Gasteiger partial charge in [-0.1, -0.05) is 0 Å². The fraction of sp³-hybridized carbons (Fsp3) is 0.0833. The fourth-order valence-electron chi connectivity index (χ4n) is 3.93. The number of carbonyl (C=O) groups is 3. The Morgan fingerprint density at radius 1 is 0.882 bits per heavy atom. The van der Waals surface area contributed by atoms with E-state index in [4.69, 9.17) is 4.42 Å². The number of carbonyl (C=O) groups excluding carboxylic acids is 3. The third kappa shape index (κ3) is 3.66. The van der Waals surface area contributed by atoms with Crippen LogP contribution in [0, 0.1) is 6.92 Å². The molecule has 0 amide bonds. The van der Waals surface area contributed by atoms with Gasteiger partial charge in [-0.05, 0) is 30.2 Å². The van der Waals surface area contributed by atoms with Crippen molar-refractivity contribution >= 4 is 17.3 Å². The highest BCUT2D eigenvalue weighted by Gasteiger charge is 2.33. The zero-order valence-corrected chi connectivity index (χ0v) is 17.4. The summed E-state index contributed by atoms with van der Waals surface area (Å²) in [7, 11) is 0. The largest absolute Gasteiger partial charge is 0.508 e. The number of hydrogen-bond acceptors (Lipinski definition) is 10. The van der Waals surface area contributed by atoms with Crippen molar-refractivity contribution in [1.82, 2.24) is 0 Å². The van der Waals surface area contributed by atoms with E-state index in [-0.39, 0.29) is 33.6 Å². The zero-order chi connectivity index (χ0) is 24.9. The van der Waals surface area contributed by atoms with Crippen LogP contribution in [-0.4, -0.2) is 42.9 Å². The maximum atomic E-state index is 13.1. The Balaban J connectivity index is 1.97. The number of hydrogen-bond donors (Lipinski definition) is 5. The summed E-state index contributed by atoms with van der Waals surface area (Å²) in [6, 6.07) is 5.03. The molecule has 1 aromatic heterocycles. The summed E-state index contributed by atoms with van der Waals surface area (Å²) in [6.07, 6.45) is 0.0517. The number of ketones is 3. The lowest BCUT2D eigenvalue weighted by molar-refractivity contribution is 0.0937. The second-order valence-electron chi connectivity index (χ2n) is 7.66. The number of aryl methyl sites for hydroxylation is 1. The lowest BCUT2D eigenvalue weighted by Crippen LogP contribution is -2.19. The van der Waals surface area contributed by atoms with Crippen LogP contribution in [0.5, 0.6) is 23.0 Å². The molecule has 10 nitrogen and oxygen atoms in total. The van der Waals surface area contributed by atoms with Gasteiger partial charge in [0.05, 0.1) is 22.8 Å². The molecule has 4 rings (SSSR count). The highest BCUT2D eigenvalue weighted by Crippen LogP contribution is 2.41. The number of aliphatic hydroxyl groups is 1. The van der Waals surface area contributed by atoms with Crippen LogP contribution in [-0.2, 0) is 6.42 Å². The van der Waals surface area contributed by atoms with Crippen LogP contribution in [0.25, 0.3) is 11.3 Å². The first kappa shape index (κ1) is 22.3. The molecule has 10 heteroatoms. The molecular formula is C24H16O10. The van der Waals surface area contributed by atoms with Crippen LogP contribution in [0.1, 0.15) is 42.2 Å². The molecule has 0 saturated heterocycles. The third-order valence-corrected chi connectivity index (χ3v) is 5.31. The Hall–Kier alpha value is -4.86. The van der Waals surface area contributed by atoms with Gasteiger partial charge in [-0.3, -0.25) is 14.4 Å². The second kappa shape index (κ2) is 7.93. The summed E-state index contributed by atoms with van der Waals surface area (Å²) < 4.78 is 5.06. The quantitative estimate of drug-likeness (QED) is 0.360. The molecule has 1 heterocycles. The third-order valence-electron chi connectivity index (χ3n) is 5.31. The standard InChI is InChI=1S/C24H16O10/c1-9-2-11(25)5-15(28)20(9)14(27)4-10-3-13-22(16(29)8-17(30)23(13)32)24(33)21(10)18-6-12(26)7-19(31)34-18/h2-3,5-8,25-26,28,30,33H,4H2,1H3. The van der Waals surface area contributed by atoms with E-state index < -0.39 is 63.7 Å². The lowest BCUT2D eigenvalue weighted by atomic mass is 9.85. The van der Waals surface area contributed by atoms with Gasteiger partial charge in [0.15, 0.2) is 17.3 Å². The second-order valence-corrected chi connectivity index (χ2v) is 7.66. The van der Waals surface area contributed by atoms with E-state index in [1.807, 2.05) is 0 Å². The Kier molecular flexibility index (Phi) is 5.21. The molecule has 0 saturated carbocycles. The van der Waals surface area contributed by atoms with Crippen LogP contribution in [0.3, 0.4) is 0 Å². The molecule has 1 aliphatic carbocycles. The smallest absolute Gasteiger partial charge is 0.339 e. The van der Waals surface area contributed by atoms with Crippen molar-refractivity contribution in [3.05, 3.63) is 80.4 Å². The van der Waals surface area contributed by atoms with Crippen LogP contribution in [0.2, 0.25) is 0 Å². The SMILES string of the molecule is Cc1cc(O)cc(O)c1C(=O)Cc1cc2c(c(O)c1-c1cc(O)cc(=O)o1)C(=O)C=C(O)C2=O. The Morgan fingerprint density at radius 3 is 2.21 bits per heavy atom. The molecule has 5 N–H and O–H groups in total. The van der Waals surface area contributed by atoms with Gasteiger partial charge in [-0.15, -0.1) is 0 Å². The minimum absolute atomic E-state index is 0.0993. The summed E-state index contributed by atoms with van der Waals surface area (Å²) in [6.45, 7) is 1.47. The van der Waals surface area contributed by atoms with Crippen molar-refractivity contribution in [2.75, 3.05) is 0 Å². The average molecular weight is 464 g/mol. The van der Waals surface area contributed by atoms with Gasteiger partial charge in [0.2, 0.25) is 5.78 Å². The first-order valence-corrected chi connectivity index (χ1v) is 9.76. The summed E-state index contributed by atoms with van der Waals surface area (Å²) in [4.78, 5) is 49.8. The highest BCUT2D eigenvalue weighted by molar-refractivity contribution is 6.25. The number of Topliss-reactive ketones (excluding diaryl/α,β-unsaturated/α-hetero) is 2. The van der Waals surface area contributed by atoms with E-state index in [2.05, 4.69) is 0 Å². The van der Waals surface area contributed by atoms with Crippen LogP contribution < -0.4 is 5.63 Å². The van der Waals surface area contributed by atoms with Crippen molar-refractivity contribution in [1.29, 1.82) is 0 Å². The van der Waals surface area contributed by atoms with Gasteiger partial charge in [0.1, 0.15) is 28.8 Å². The number of benzene rings is 2. The summed E-state index contributed by atoms with van der Waals surface area (Å²) >= 11 is 0. The number of aliphatic hydroxyl groups excluding tert-OH is 1. The van der Waals surface area contributed by atoms with Gasteiger partial charge in [-0.2, -0.15) is 0 Å². The highest BCUT2D eigenvalue weighted by atomic mass is 16.4. The normalized spacial score (nSPS) is 12.9. The summed E-state index contributed by atoms with van der Waals surface area (Å²) in [5.74, 6) is -5.95. The van der Waals surface area contributed by atoms with E-state index >= 15 is 0 Å². The van der Waals surface area contributed by atoms with Crippen LogP contribution >= 0.6 is 0 Å².